The summed E-state index contributed by atoms with van der Waals surface area (Å²) in [5.74, 6) is -3.61. The molecule has 0 aliphatic rings. The van der Waals surface area contributed by atoms with Crippen molar-refractivity contribution in [3.63, 3.8) is 0 Å². The fraction of sp³-hybridized carbons (Fsp3) is 0.733. The van der Waals surface area contributed by atoms with Crippen LogP contribution in [-0.2, 0) is 19.2 Å². The van der Waals surface area contributed by atoms with E-state index in [2.05, 4.69) is 16.0 Å². The van der Waals surface area contributed by atoms with Gasteiger partial charge in [0.15, 0.2) is 0 Å². The number of carboxylic acids is 1. The van der Waals surface area contributed by atoms with E-state index in [9.17, 15) is 29.4 Å². The number of carboxylic acid groups (broad SMARTS) is 1. The first-order chi connectivity index (χ1) is 12.0. The lowest BCUT2D eigenvalue weighted by molar-refractivity contribution is -0.138. The molecule has 26 heavy (non-hydrogen) atoms. The smallest absolute Gasteiger partial charge is 0.322 e. The third-order valence-electron chi connectivity index (χ3n) is 3.39. The molecule has 4 atom stereocenters. The zero-order chi connectivity index (χ0) is 20.4. The Bertz CT molecular complexity index is 510. The predicted molar refractivity (Wildman–Crippen MR) is 90.7 cm³/mol. The van der Waals surface area contributed by atoms with Gasteiger partial charge in [0.25, 0.3) is 0 Å². The SMILES string of the molecule is CC(C)CC(NC(=O)C(CO)NC(=O)C(N)C(C)O)C(=O)NCC(=O)O. The Hall–Kier alpha value is -2.24. The van der Waals surface area contributed by atoms with E-state index in [1.807, 2.05) is 0 Å². The van der Waals surface area contributed by atoms with E-state index in [4.69, 9.17) is 10.8 Å². The van der Waals surface area contributed by atoms with Gasteiger partial charge in [-0.2, -0.15) is 0 Å². The first kappa shape index (κ1) is 23.8. The maximum Gasteiger partial charge on any atom is 0.322 e. The van der Waals surface area contributed by atoms with Gasteiger partial charge in [0.1, 0.15) is 24.7 Å². The van der Waals surface area contributed by atoms with Gasteiger partial charge < -0.3 is 37.0 Å². The number of aliphatic hydroxyl groups excluding tert-OH is 2. The van der Waals surface area contributed by atoms with Gasteiger partial charge in [-0.25, -0.2) is 0 Å². The molecule has 0 aliphatic carbocycles. The third kappa shape index (κ3) is 8.74. The van der Waals surface area contributed by atoms with Gasteiger partial charge in [0.2, 0.25) is 17.7 Å². The summed E-state index contributed by atoms with van der Waals surface area (Å²) in [6, 6.07) is -3.71. The molecule has 0 spiro atoms. The molecule has 11 heteroatoms. The van der Waals surface area contributed by atoms with Gasteiger partial charge in [0, 0.05) is 0 Å². The number of hydrogen-bond acceptors (Lipinski definition) is 7. The van der Waals surface area contributed by atoms with Crippen molar-refractivity contribution in [2.75, 3.05) is 13.2 Å². The Balaban J connectivity index is 4.99. The molecule has 0 radical (unpaired) electrons. The highest BCUT2D eigenvalue weighted by molar-refractivity contribution is 5.93. The summed E-state index contributed by atoms with van der Waals surface area (Å²) in [4.78, 5) is 46.7. The van der Waals surface area contributed by atoms with Crippen LogP contribution in [0.2, 0.25) is 0 Å². The number of nitrogens with one attached hydrogen (secondary N) is 3. The fourth-order valence-corrected chi connectivity index (χ4v) is 1.94. The van der Waals surface area contributed by atoms with Gasteiger partial charge in [0.05, 0.1) is 12.7 Å². The molecule has 0 aliphatic heterocycles. The average Bonchev–Trinajstić information content (AvgIpc) is 2.54. The van der Waals surface area contributed by atoms with E-state index in [1.54, 1.807) is 13.8 Å². The average molecular weight is 376 g/mol. The van der Waals surface area contributed by atoms with Crippen LogP contribution in [0.1, 0.15) is 27.2 Å². The summed E-state index contributed by atoms with van der Waals surface area (Å²) < 4.78 is 0. The number of hydrogen-bond donors (Lipinski definition) is 7. The standard InChI is InChI=1S/C15H28N4O7/c1-7(2)4-9(13(24)17-5-11(22)23)18-14(25)10(6-20)19-15(26)12(16)8(3)21/h7-10,12,20-21H,4-6,16H2,1-3H3,(H,17,24)(H,18,25)(H,19,26)(H,22,23). The molecule has 0 aromatic rings. The van der Waals surface area contributed by atoms with Crippen LogP contribution in [-0.4, -0.2) is 76.4 Å². The summed E-state index contributed by atoms with van der Waals surface area (Å²) >= 11 is 0. The maximum absolute atomic E-state index is 12.3. The summed E-state index contributed by atoms with van der Waals surface area (Å²) in [5, 5.41) is 33.9. The third-order valence-corrected chi connectivity index (χ3v) is 3.39. The zero-order valence-electron chi connectivity index (χ0n) is 15.1. The predicted octanol–water partition coefficient (Wildman–Crippen LogP) is -3.10. The number of amides is 3. The molecule has 4 unspecified atom stereocenters. The first-order valence-corrected chi connectivity index (χ1v) is 8.14. The Labute approximate surface area is 151 Å². The highest BCUT2D eigenvalue weighted by atomic mass is 16.4. The van der Waals surface area contributed by atoms with Crippen molar-refractivity contribution in [2.45, 2.75) is 51.4 Å². The first-order valence-electron chi connectivity index (χ1n) is 8.14. The highest BCUT2D eigenvalue weighted by Gasteiger charge is 2.29. The van der Waals surface area contributed by atoms with Crippen molar-refractivity contribution in [2.24, 2.45) is 11.7 Å². The molecule has 0 rings (SSSR count). The second-order valence-corrected chi connectivity index (χ2v) is 6.31. The lowest BCUT2D eigenvalue weighted by atomic mass is 10.0. The second kappa shape index (κ2) is 11.4. The Morgan fingerprint density at radius 2 is 1.50 bits per heavy atom. The van der Waals surface area contributed by atoms with Crippen molar-refractivity contribution in [1.29, 1.82) is 0 Å². The molecular formula is C15H28N4O7. The summed E-state index contributed by atoms with van der Waals surface area (Å²) in [7, 11) is 0. The van der Waals surface area contributed by atoms with E-state index in [1.165, 1.54) is 6.92 Å². The minimum atomic E-state index is -1.38. The molecule has 3 amide bonds. The Morgan fingerprint density at radius 3 is 1.92 bits per heavy atom. The van der Waals surface area contributed by atoms with Gasteiger partial charge in [-0.15, -0.1) is 0 Å². The van der Waals surface area contributed by atoms with E-state index < -0.39 is 61.1 Å². The van der Waals surface area contributed by atoms with Crippen molar-refractivity contribution in [3.8, 4) is 0 Å². The number of rotatable bonds is 11. The van der Waals surface area contributed by atoms with Gasteiger partial charge in [-0.05, 0) is 19.3 Å². The van der Waals surface area contributed by atoms with Crippen LogP contribution >= 0.6 is 0 Å². The van der Waals surface area contributed by atoms with E-state index in [0.29, 0.717) is 0 Å². The number of carbonyl (C=O) groups is 4. The fourth-order valence-electron chi connectivity index (χ4n) is 1.94. The summed E-state index contributed by atoms with van der Waals surface area (Å²) in [6.07, 6.45) is -0.941. The van der Waals surface area contributed by atoms with E-state index in [-0.39, 0.29) is 12.3 Å². The van der Waals surface area contributed by atoms with Gasteiger partial charge >= 0.3 is 5.97 Å². The van der Waals surface area contributed by atoms with Crippen LogP contribution in [0, 0.1) is 5.92 Å². The molecule has 0 saturated carbocycles. The summed E-state index contributed by atoms with van der Waals surface area (Å²) in [6.45, 7) is 3.54. The topological polar surface area (TPSA) is 191 Å². The molecular weight excluding hydrogens is 348 g/mol. The molecule has 0 aromatic heterocycles. The van der Waals surface area contributed by atoms with Crippen molar-refractivity contribution >= 4 is 23.7 Å². The lowest BCUT2D eigenvalue weighted by Crippen LogP contribution is -2.58. The number of aliphatic hydroxyl groups is 2. The molecule has 0 saturated heterocycles. The van der Waals surface area contributed by atoms with Crippen LogP contribution in [0.25, 0.3) is 0 Å². The van der Waals surface area contributed by atoms with Crippen molar-refractivity contribution < 1.29 is 34.5 Å². The Kier molecular flexibility index (Phi) is 10.4. The van der Waals surface area contributed by atoms with Crippen LogP contribution < -0.4 is 21.7 Å². The largest absolute Gasteiger partial charge is 0.480 e. The van der Waals surface area contributed by atoms with Crippen LogP contribution in [0.3, 0.4) is 0 Å². The Morgan fingerprint density at radius 1 is 0.962 bits per heavy atom. The molecule has 11 nitrogen and oxygen atoms in total. The molecule has 0 aromatic carbocycles. The van der Waals surface area contributed by atoms with E-state index in [0.717, 1.165) is 0 Å². The zero-order valence-corrected chi connectivity index (χ0v) is 15.1. The number of nitrogens with two attached hydrogens (primary N) is 1. The molecule has 0 heterocycles. The molecule has 150 valence electrons. The van der Waals surface area contributed by atoms with E-state index >= 15 is 0 Å². The minimum Gasteiger partial charge on any atom is -0.480 e. The van der Waals surface area contributed by atoms with Gasteiger partial charge in [-0.1, -0.05) is 13.8 Å². The number of carbonyl (C=O) groups excluding carboxylic acids is 3. The van der Waals surface area contributed by atoms with Crippen LogP contribution in [0.5, 0.6) is 0 Å². The minimum absolute atomic E-state index is 0.00158. The lowest BCUT2D eigenvalue weighted by Gasteiger charge is -2.24. The summed E-state index contributed by atoms with van der Waals surface area (Å²) in [5.41, 5.74) is 5.45. The highest BCUT2D eigenvalue weighted by Crippen LogP contribution is 2.05. The number of aliphatic carboxylic acids is 1. The molecule has 0 fully saturated rings. The van der Waals surface area contributed by atoms with Crippen LogP contribution in [0.15, 0.2) is 0 Å². The van der Waals surface area contributed by atoms with Crippen LogP contribution in [0.4, 0.5) is 0 Å². The molecule has 8 N–H and O–H groups in total. The normalized spacial score (nSPS) is 15.5. The quantitative estimate of drug-likeness (QED) is 0.197. The second-order valence-electron chi connectivity index (χ2n) is 6.31. The maximum atomic E-state index is 12.3. The van der Waals surface area contributed by atoms with Gasteiger partial charge in [-0.3, -0.25) is 19.2 Å². The monoisotopic (exact) mass is 376 g/mol. The van der Waals surface area contributed by atoms with Crippen molar-refractivity contribution in [1.82, 2.24) is 16.0 Å². The van der Waals surface area contributed by atoms with Crippen molar-refractivity contribution in [3.05, 3.63) is 0 Å². The molecule has 0 bridgehead atoms.